The minimum atomic E-state index is -0.456. The second-order valence-electron chi connectivity index (χ2n) is 13.0. The van der Waals surface area contributed by atoms with Crippen molar-refractivity contribution in [2.45, 2.75) is 90.6 Å². The van der Waals surface area contributed by atoms with Gasteiger partial charge < -0.3 is 15.0 Å². The molecule has 1 saturated heterocycles. The van der Waals surface area contributed by atoms with Crippen LogP contribution in [0.3, 0.4) is 0 Å². The molecule has 0 radical (unpaired) electrons. The van der Waals surface area contributed by atoms with Crippen LogP contribution in [-0.2, 0) is 15.1 Å². The summed E-state index contributed by atoms with van der Waals surface area (Å²) in [5, 5.41) is 3.42. The van der Waals surface area contributed by atoms with Crippen molar-refractivity contribution in [3.63, 3.8) is 0 Å². The number of nitrogens with one attached hydrogen (secondary N) is 1. The number of carbonyl (C=O) groups is 2. The molecule has 5 nitrogen and oxygen atoms in total. The van der Waals surface area contributed by atoms with Crippen LogP contribution in [-0.4, -0.2) is 36.9 Å². The Morgan fingerprint density at radius 2 is 1.80 bits per heavy atom. The lowest BCUT2D eigenvalue weighted by atomic mass is 9.47. The monoisotopic (exact) mass is 480 g/mol. The van der Waals surface area contributed by atoms with Gasteiger partial charge in [-0.3, -0.25) is 9.59 Å². The van der Waals surface area contributed by atoms with Gasteiger partial charge in [-0.2, -0.15) is 0 Å². The Labute approximate surface area is 211 Å². The molecule has 4 fully saturated rings. The van der Waals surface area contributed by atoms with Gasteiger partial charge in [-0.25, -0.2) is 0 Å². The van der Waals surface area contributed by atoms with E-state index in [-0.39, 0.29) is 22.7 Å². The fourth-order valence-electron chi connectivity index (χ4n) is 9.06. The Morgan fingerprint density at radius 3 is 2.54 bits per heavy atom. The fraction of sp³-hybridized carbons (Fsp3) is 0.733. The predicted molar refractivity (Wildman–Crippen MR) is 138 cm³/mol. The minimum absolute atomic E-state index is 0.0648. The van der Waals surface area contributed by atoms with Crippen molar-refractivity contribution in [2.75, 3.05) is 14.2 Å². The van der Waals surface area contributed by atoms with Crippen LogP contribution in [0.4, 0.5) is 0 Å². The molecule has 1 aromatic rings. The van der Waals surface area contributed by atoms with Crippen LogP contribution in [0.25, 0.3) is 0 Å². The Kier molecular flexibility index (Phi) is 6.00. The molecule has 7 atom stereocenters. The predicted octanol–water partition coefficient (Wildman–Crippen LogP) is 5.53. The zero-order chi connectivity index (χ0) is 25.2. The van der Waals surface area contributed by atoms with Gasteiger partial charge in [0.2, 0.25) is 11.8 Å². The number of ether oxygens (including phenoxy) is 1. The molecule has 1 heterocycles. The van der Waals surface area contributed by atoms with Crippen LogP contribution in [0.2, 0.25) is 0 Å². The van der Waals surface area contributed by atoms with Crippen molar-refractivity contribution in [1.82, 2.24) is 10.2 Å². The average Bonchev–Trinajstić information content (AvgIpc) is 3.19. The van der Waals surface area contributed by atoms with Gasteiger partial charge in [-0.15, -0.1) is 0 Å². The maximum absolute atomic E-state index is 13.8. The van der Waals surface area contributed by atoms with Crippen LogP contribution in [0, 0.1) is 34.5 Å². The quantitative estimate of drug-likeness (QED) is 0.617. The molecular formula is C30H44N2O3. The normalized spacial score (nSPS) is 38.9. The third-order valence-electron chi connectivity index (χ3n) is 11.1. The highest BCUT2D eigenvalue weighted by atomic mass is 16.5. The van der Waals surface area contributed by atoms with E-state index in [2.05, 4.69) is 44.0 Å². The Bertz CT molecular complexity index is 1010. The topological polar surface area (TPSA) is 58.6 Å². The van der Waals surface area contributed by atoms with Crippen molar-refractivity contribution in [1.29, 1.82) is 0 Å². The van der Waals surface area contributed by atoms with E-state index in [1.807, 2.05) is 25.2 Å². The third-order valence-corrected chi connectivity index (χ3v) is 11.1. The number of hydrogen-bond acceptors (Lipinski definition) is 3. The molecule has 1 aliphatic heterocycles. The molecule has 5 rings (SSSR count). The van der Waals surface area contributed by atoms with Gasteiger partial charge in [0.05, 0.1) is 12.6 Å². The van der Waals surface area contributed by atoms with E-state index in [9.17, 15) is 9.59 Å². The van der Waals surface area contributed by atoms with Gasteiger partial charge in [-0.05, 0) is 105 Å². The van der Waals surface area contributed by atoms with Crippen molar-refractivity contribution in [3.8, 4) is 5.75 Å². The Morgan fingerprint density at radius 1 is 1.06 bits per heavy atom. The lowest BCUT2D eigenvalue weighted by Gasteiger charge is -2.61. The summed E-state index contributed by atoms with van der Waals surface area (Å²) >= 11 is 0. The molecule has 2 unspecified atom stereocenters. The number of amides is 2. The number of hydrogen-bond donors (Lipinski definition) is 1. The molecule has 1 aromatic carbocycles. The summed E-state index contributed by atoms with van der Waals surface area (Å²) in [5.41, 5.74) is 0.898. The van der Waals surface area contributed by atoms with Crippen LogP contribution in [0.1, 0.15) is 84.6 Å². The van der Waals surface area contributed by atoms with Gasteiger partial charge in [0, 0.05) is 25.4 Å². The standard InChI is InChI=1S/C30H44N2O3/c1-28(2,19-8-7-9-20(18-19)35-6)31-27(34)24-12-11-22-21-10-13-25-30(4,17-15-26(33)32(25)5)23(21)14-16-29(22,24)3/h7-9,18,21-25H,10-17H2,1-6H3,(H,31,34)/t21-,22-,23+,24?,25?,29-,30+/m0/s1. The molecule has 5 heteroatoms. The van der Waals surface area contributed by atoms with Crippen LogP contribution in [0.5, 0.6) is 5.75 Å². The summed E-state index contributed by atoms with van der Waals surface area (Å²) in [7, 11) is 3.70. The third kappa shape index (κ3) is 3.79. The molecule has 2 amide bonds. The molecule has 192 valence electrons. The molecule has 0 aromatic heterocycles. The number of piperidine rings is 1. The number of carbonyl (C=O) groups excluding carboxylic acids is 2. The van der Waals surface area contributed by atoms with Crippen molar-refractivity contribution in [3.05, 3.63) is 29.8 Å². The maximum atomic E-state index is 13.8. The lowest BCUT2D eigenvalue weighted by Crippen LogP contribution is -2.61. The second kappa shape index (κ2) is 8.52. The molecule has 35 heavy (non-hydrogen) atoms. The number of likely N-dealkylation sites (tertiary alicyclic amines) is 1. The van der Waals surface area contributed by atoms with E-state index < -0.39 is 5.54 Å². The fourth-order valence-corrected chi connectivity index (χ4v) is 9.06. The number of benzene rings is 1. The first-order chi connectivity index (χ1) is 16.5. The molecule has 0 bridgehead atoms. The van der Waals surface area contributed by atoms with Crippen molar-refractivity contribution in [2.24, 2.45) is 34.5 Å². The number of methoxy groups -OCH3 is 1. The van der Waals surface area contributed by atoms with Gasteiger partial charge in [0.25, 0.3) is 0 Å². The summed E-state index contributed by atoms with van der Waals surface area (Å²) in [6, 6.07) is 8.41. The van der Waals surface area contributed by atoms with Gasteiger partial charge >= 0.3 is 0 Å². The maximum Gasteiger partial charge on any atom is 0.224 e. The van der Waals surface area contributed by atoms with Gasteiger partial charge in [0.1, 0.15) is 5.75 Å². The molecule has 3 aliphatic carbocycles. The van der Waals surface area contributed by atoms with E-state index in [1.165, 1.54) is 12.8 Å². The Hall–Kier alpha value is -2.04. The molecule has 1 N–H and O–H groups in total. The first-order valence-electron chi connectivity index (χ1n) is 13.7. The number of fused-ring (bicyclic) bond motifs is 5. The minimum Gasteiger partial charge on any atom is -0.497 e. The number of nitrogens with zero attached hydrogens (tertiary/aromatic N) is 1. The smallest absolute Gasteiger partial charge is 0.224 e. The first kappa shape index (κ1) is 24.6. The first-order valence-corrected chi connectivity index (χ1v) is 13.7. The zero-order valence-electron chi connectivity index (χ0n) is 22.5. The van der Waals surface area contributed by atoms with E-state index >= 15 is 0 Å². The SMILES string of the molecule is COc1cccc(C(C)(C)NC(=O)C2CC[C@H]3[C@@H]4CCC5N(C)C(=O)CC[C@]5(C)[C@@H]4CC[C@]23C)c1. The Balaban J connectivity index is 1.34. The van der Waals surface area contributed by atoms with E-state index in [0.29, 0.717) is 36.1 Å². The lowest BCUT2D eigenvalue weighted by molar-refractivity contribution is -0.160. The summed E-state index contributed by atoms with van der Waals surface area (Å²) in [6.45, 7) is 9.06. The zero-order valence-corrected chi connectivity index (χ0v) is 22.5. The highest BCUT2D eigenvalue weighted by Gasteiger charge is 2.62. The van der Waals surface area contributed by atoms with E-state index in [4.69, 9.17) is 4.74 Å². The van der Waals surface area contributed by atoms with Crippen LogP contribution < -0.4 is 10.1 Å². The summed E-state index contributed by atoms with van der Waals surface area (Å²) in [6.07, 6.45) is 8.50. The van der Waals surface area contributed by atoms with Crippen molar-refractivity contribution >= 4 is 11.8 Å². The van der Waals surface area contributed by atoms with Gasteiger partial charge in [-0.1, -0.05) is 26.0 Å². The van der Waals surface area contributed by atoms with Crippen molar-refractivity contribution < 1.29 is 14.3 Å². The molecule has 3 saturated carbocycles. The summed E-state index contributed by atoms with van der Waals surface area (Å²) < 4.78 is 5.42. The van der Waals surface area contributed by atoms with E-state index in [0.717, 1.165) is 43.4 Å². The van der Waals surface area contributed by atoms with Gasteiger partial charge in [0.15, 0.2) is 0 Å². The van der Waals surface area contributed by atoms with Crippen LogP contribution >= 0.6 is 0 Å². The van der Waals surface area contributed by atoms with Crippen LogP contribution in [0.15, 0.2) is 24.3 Å². The van der Waals surface area contributed by atoms with E-state index in [1.54, 1.807) is 7.11 Å². The summed E-state index contributed by atoms with van der Waals surface area (Å²) in [4.78, 5) is 28.3. The second-order valence-corrected chi connectivity index (χ2v) is 13.0. The molecule has 0 spiro atoms. The average molecular weight is 481 g/mol. The summed E-state index contributed by atoms with van der Waals surface area (Å²) in [5.74, 6) is 3.38. The number of rotatable bonds is 4. The highest BCUT2D eigenvalue weighted by Crippen LogP contribution is 2.66. The largest absolute Gasteiger partial charge is 0.497 e. The molecular weight excluding hydrogens is 436 g/mol. The molecule has 4 aliphatic rings. The highest BCUT2D eigenvalue weighted by molar-refractivity contribution is 5.81.